The molecule has 0 N–H and O–H groups in total. The van der Waals surface area contributed by atoms with Gasteiger partial charge in [-0.3, -0.25) is 24.1 Å². The van der Waals surface area contributed by atoms with Crippen molar-refractivity contribution < 1.29 is 47.0 Å². The number of halogens is 2. The molecule has 0 bridgehead atoms. The van der Waals surface area contributed by atoms with Gasteiger partial charge in [-0.15, -0.1) is 0 Å². The summed E-state index contributed by atoms with van der Waals surface area (Å²) in [6, 6.07) is 25.2. The third-order valence-corrected chi connectivity index (χ3v) is 17.1. The summed E-state index contributed by atoms with van der Waals surface area (Å²) in [6.45, 7) is 14.8. The predicted molar refractivity (Wildman–Crippen MR) is 308 cm³/mol. The van der Waals surface area contributed by atoms with Crippen molar-refractivity contribution in [3.63, 3.8) is 0 Å². The number of rotatable bonds is 24. The monoisotopic (exact) mass is 1100 g/mol. The van der Waals surface area contributed by atoms with Crippen molar-refractivity contribution >= 4 is 52.3 Å². The zero-order chi connectivity index (χ0) is 56.1. The van der Waals surface area contributed by atoms with Crippen LogP contribution in [0.4, 0.5) is 36.3 Å². The number of fused-ring (bicyclic) bond motifs is 6. The minimum Gasteiger partial charge on any atom is -0.444 e. The second-order valence-corrected chi connectivity index (χ2v) is 22.5. The van der Waals surface area contributed by atoms with Crippen LogP contribution in [0.1, 0.15) is 167 Å². The molecular weight excluding hydrogens is 1020 g/mol. The number of anilines is 4. The number of ether oxygens (including phenoxy) is 3. The van der Waals surface area contributed by atoms with Gasteiger partial charge in [-0.25, -0.2) is 13.6 Å². The number of amides is 1. The van der Waals surface area contributed by atoms with Crippen molar-refractivity contribution in [3.05, 3.63) is 119 Å². The first kappa shape index (κ1) is 58.3. The lowest BCUT2D eigenvalue weighted by atomic mass is 9.89. The second kappa shape index (κ2) is 27.9. The number of nitrogens with zero attached hydrogens (tertiary/aromatic N) is 6. The lowest BCUT2D eigenvalue weighted by Gasteiger charge is -2.42. The highest BCUT2D eigenvalue weighted by Crippen LogP contribution is 2.52. The Bertz CT molecular complexity index is 2760. The fourth-order valence-corrected chi connectivity index (χ4v) is 13.0. The second-order valence-electron chi connectivity index (χ2n) is 22.5. The third-order valence-electron chi connectivity index (χ3n) is 17.1. The van der Waals surface area contributed by atoms with Crippen LogP contribution in [0.5, 0.6) is 0 Å². The number of esters is 2. The molecule has 1 amide bonds. The molecule has 4 aromatic rings. The van der Waals surface area contributed by atoms with Gasteiger partial charge in [-0.2, -0.15) is 0 Å². The van der Waals surface area contributed by atoms with Crippen molar-refractivity contribution in [3.8, 4) is 0 Å². The predicted octanol–water partition coefficient (Wildman–Crippen LogP) is 12.0. The highest BCUT2D eigenvalue weighted by molar-refractivity contribution is 5.97. The maximum atomic E-state index is 13.2. The Morgan fingerprint density at radius 3 is 1.61 bits per heavy atom. The summed E-state index contributed by atoms with van der Waals surface area (Å²) in [5.74, 6) is -0.199. The summed E-state index contributed by atoms with van der Waals surface area (Å²) < 4.78 is 42.9. The minimum absolute atomic E-state index is 0.0428. The fraction of sp³-hybridized carbons (Fsp3) is 0.547. The molecule has 10 rings (SSSR count). The first-order chi connectivity index (χ1) is 38.9. The number of ketones is 2. The van der Waals surface area contributed by atoms with Crippen molar-refractivity contribution in [2.75, 3.05) is 91.8 Å². The largest absolute Gasteiger partial charge is 0.444 e. The van der Waals surface area contributed by atoms with Gasteiger partial charge in [0.25, 0.3) is 0 Å². The summed E-state index contributed by atoms with van der Waals surface area (Å²) in [5.41, 5.74) is 8.22. The van der Waals surface area contributed by atoms with Crippen LogP contribution in [0.2, 0.25) is 0 Å². The molecule has 5 atom stereocenters. The van der Waals surface area contributed by atoms with Gasteiger partial charge in [0.05, 0.1) is 22.7 Å². The third kappa shape index (κ3) is 14.2. The number of carbonyl (C=O) groups is 5. The minimum atomic E-state index is -0.948. The van der Waals surface area contributed by atoms with Crippen molar-refractivity contribution in [1.82, 2.24) is 9.80 Å². The summed E-state index contributed by atoms with van der Waals surface area (Å²) >= 11 is 0. The first-order valence-electron chi connectivity index (χ1n) is 29.8. The molecule has 6 heterocycles. The lowest BCUT2D eigenvalue weighted by Crippen LogP contribution is -2.51. The van der Waals surface area contributed by atoms with E-state index in [2.05, 4.69) is 62.6 Å². The van der Waals surface area contributed by atoms with Crippen LogP contribution >= 0.6 is 0 Å². The van der Waals surface area contributed by atoms with Gasteiger partial charge < -0.3 is 38.7 Å². The summed E-state index contributed by atoms with van der Waals surface area (Å²) in [7, 11) is 0. The number of carbonyl (C=O) groups excluding carboxylic acids is 5. The smallest absolute Gasteiger partial charge is 0.417 e. The van der Waals surface area contributed by atoms with E-state index in [-0.39, 0.29) is 35.1 Å². The van der Waals surface area contributed by atoms with Crippen molar-refractivity contribution in [1.29, 1.82) is 0 Å². The molecule has 2 fully saturated rings. The highest BCUT2D eigenvalue weighted by Gasteiger charge is 2.47. The molecule has 80 heavy (non-hydrogen) atoms. The molecule has 0 aromatic heterocycles. The maximum Gasteiger partial charge on any atom is 0.417 e. The van der Waals surface area contributed by atoms with Crippen molar-refractivity contribution in [2.24, 2.45) is 0 Å². The van der Waals surface area contributed by atoms with E-state index in [4.69, 9.17) is 14.2 Å². The molecule has 1 unspecified atom stereocenters. The molecule has 2 saturated heterocycles. The standard InChI is InChI=1S/C34H44FN3O5.C30H38FN3O3/c1-3-4-5-6-7-13-32(40)42-24(2)43-34(41)38-22-21-37-29-18-20-36(23-28(29)27-10-8-11-30(38)33(27)37)19-9-12-31(39)25-14-16-26(35)17-15-25;1-2-3-4-10-29(36)37-21-33-18-19-34-26-15-17-32(20-25(26)24-7-5-8-27(33)30(24)34)16-6-9-28(35)22-11-13-23(31)14-12-22/h8,10-11,14-17,24,28-29H,3-7,9,12-13,18-23H2,1-2H3;5,7-8,11-14,25-26H,2-4,6,9-10,15-21H2,1H3/t24?,28-,29-;25-,26-/m00/s1. The van der Waals surface area contributed by atoms with Crippen LogP contribution < -0.4 is 19.6 Å². The van der Waals surface area contributed by atoms with E-state index in [9.17, 15) is 32.8 Å². The lowest BCUT2D eigenvalue weighted by molar-refractivity contribution is -0.164. The SMILES string of the molecule is CCCCCC(=O)OCN1CCN2c3c(cccc31)[C@@H]1CN(CCCC(=O)c3ccc(F)cc3)CC[C@@H]12.CCCCCCCC(=O)OC(C)OC(=O)N1CCN2c3c(cccc31)[C@@H]1CN(CCCC(=O)c3ccc(F)cc3)CC[C@@H]12. The molecule has 430 valence electrons. The molecule has 16 heteroatoms. The fourth-order valence-electron chi connectivity index (χ4n) is 13.0. The van der Waals surface area contributed by atoms with Gasteiger partial charge in [0.15, 0.2) is 18.3 Å². The highest BCUT2D eigenvalue weighted by atomic mass is 19.1. The summed E-state index contributed by atoms with van der Waals surface area (Å²) in [6.07, 6.45) is 12.2. The van der Waals surface area contributed by atoms with E-state index in [1.807, 2.05) is 12.1 Å². The summed E-state index contributed by atoms with van der Waals surface area (Å²) in [4.78, 5) is 76.5. The van der Waals surface area contributed by atoms with E-state index < -0.39 is 12.4 Å². The molecular formula is C64H82F2N6O8. The zero-order valence-corrected chi connectivity index (χ0v) is 47.3. The normalized spacial score (nSPS) is 20.2. The average molecular weight is 1100 g/mol. The van der Waals surface area contributed by atoms with E-state index in [1.165, 1.54) is 53.2 Å². The number of Topliss-reactive ketones (excluding diaryl/α,β-unsaturated/α-hetero) is 2. The van der Waals surface area contributed by atoms with Crippen LogP contribution in [0, 0.1) is 11.6 Å². The quantitative estimate of drug-likeness (QED) is 0.0286. The average Bonchev–Trinajstić information content (AvgIpc) is 3.40. The Balaban J connectivity index is 0.000000196. The number of hydrogen-bond donors (Lipinski definition) is 0. The molecule has 6 aliphatic rings. The molecule has 6 aliphatic heterocycles. The Hall–Kier alpha value is -6.39. The molecule has 0 saturated carbocycles. The topological polar surface area (TPSA) is 132 Å². The van der Waals surface area contributed by atoms with Crippen LogP contribution in [0.25, 0.3) is 0 Å². The van der Waals surface area contributed by atoms with E-state index in [0.717, 1.165) is 141 Å². The van der Waals surface area contributed by atoms with Gasteiger partial charge in [0.1, 0.15) is 11.6 Å². The molecule has 14 nitrogen and oxygen atoms in total. The first-order valence-corrected chi connectivity index (χ1v) is 29.8. The number of unbranched alkanes of at least 4 members (excludes halogenated alkanes) is 6. The Kier molecular flexibility index (Phi) is 20.3. The molecule has 0 radical (unpaired) electrons. The summed E-state index contributed by atoms with van der Waals surface area (Å²) in [5, 5.41) is 0. The Morgan fingerprint density at radius 2 is 1.04 bits per heavy atom. The number of hydrogen-bond acceptors (Lipinski definition) is 13. The number of benzene rings is 4. The Labute approximate surface area is 471 Å². The van der Waals surface area contributed by atoms with E-state index >= 15 is 0 Å². The van der Waals surface area contributed by atoms with Crippen LogP contribution in [-0.2, 0) is 23.8 Å². The number of para-hydroxylation sites is 2. The molecule has 0 aliphatic carbocycles. The van der Waals surface area contributed by atoms with Gasteiger partial charge in [0.2, 0.25) is 6.29 Å². The van der Waals surface area contributed by atoms with E-state index in [0.29, 0.717) is 74.0 Å². The zero-order valence-electron chi connectivity index (χ0n) is 47.3. The number of likely N-dealkylation sites (tertiary alicyclic amines) is 2. The van der Waals surface area contributed by atoms with Gasteiger partial charge in [0, 0.05) is 120 Å². The van der Waals surface area contributed by atoms with Crippen LogP contribution in [0.3, 0.4) is 0 Å². The Morgan fingerprint density at radius 1 is 0.537 bits per heavy atom. The van der Waals surface area contributed by atoms with Gasteiger partial charge in [-0.05, 0) is 123 Å². The van der Waals surface area contributed by atoms with Gasteiger partial charge >= 0.3 is 18.0 Å². The van der Waals surface area contributed by atoms with Crippen molar-refractivity contribution in [2.45, 2.75) is 154 Å². The van der Waals surface area contributed by atoms with Gasteiger partial charge in [-0.1, -0.05) is 76.6 Å². The number of piperidine rings is 2. The molecule has 0 spiro atoms. The van der Waals surface area contributed by atoms with Crippen LogP contribution in [0.15, 0.2) is 84.9 Å². The van der Waals surface area contributed by atoms with E-state index in [1.54, 1.807) is 36.1 Å². The molecule has 4 aromatic carbocycles. The van der Waals surface area contributed by atoms with Crippen LogP contribution in [-0.4, -0.2) is 130 Å². The maximum absolute atomic E-state index is 13.2.